The average Bonchev–Trinajstić information content (AvgIpc) is 2.89. The van der Waals surface area contributed by atoms with E-state index >= 15 is 0 Å². The van der Waals surface area contributed by atoms with Crippen molar-refractivity contribution >= 4 is 62.7 Å². The Labute approximate surface area is 242 Å². The Balaban J connectivity index is 1.84. The molecule has 0 heterocycles. The van der Waals surface area contributed by atoms with Gasteiger partial charge in [0.05, 0.1) is 15.8 Å². The molecule has 3 rings (SSSR count). The molecule has 196 valence electrons. The SMILES string of the molecule is CC[C@@H](C)NC(=O)[C@H](Cc1ccccc1)N(Cc1ccc(Br)cc1)C(=O)CSCc1ccc(Cl)c(Cl)c1. The first-order valence-electron chi connectivity index (χ1n) is 12.2. The summed E-state index contributed by atoms with van der Waals surface area (Å²) in [5.74, 6) is 0.613. The molecule has 0 spiro atoms. The lowest BCUT2D eigenvalue weighted by molar-refractivity contribution is -0.139. The molecule has 0 unspecified atom stereocenters. The van der Waals surface area contributed by atoms with Crippen LogP contribution in [0.1, 0.15) is 37.0 Å². The number of hydrogen-bond donors (Lipinski definition) is 1. The van der Waals surface area contributed by atoms with Crippen LogP contribution in [0.3, 0.4) is 0 Å². The van der Waals surface area contributed by atoms with Crippen molar-refractivity contribution in [1.29, 1.82) is 0 Å². The van der Waals surface area contributed by atoms with Crippen LogP contribution in [-0.2, 0) is 28.3 Å². The number of nitrogens with zero attached hydrogens (tertiary/aromatic N) is 1. The van der Waals surface area contributed by atoms with Crippen LogP contribution in [0.5, 0.6) is 0 Å². The third-order valence-electron chi connectivity index (χ3n) is 6.02. The van der Waals surface area contributed by atoms with Crippen molar-refractivity contribution in [2.24, 2.45) is 0 Å². The Morgan fingerprint density at radius 3 is 2.27 bits per heavy atom. The van der Waals surface area contributed by atoms with Gasteiger partial charge in [0.25, 0.3) is 0 Å². The summed E-state index contributed by atoms with van der Waals surface area (Å²) in [6.45, 7) is 4.35. The van der Waals surface area contributed by atoms with Gasteiger partial charge in [-0.15, -0.1) is 11.8 Å². The number of carbonyl (C=O) groups is 2. The van der Waals surface area contributed by atoms with Crippen molar-refractivity contribution in [3.63, 3.8) is 0 Å². The molecule has 2 atom stereocenters. The Morgan fingerprint density at radius 1 is 0.946 bits per heavy atom. The zero-order valence-corrected chi connectivity index (χ0v) is 24.8. The molecule has 8 heteroatoms. The van der Waals surface area contributed by atoms with E-state index in [1.54, 1.807) is 11.0 Å². The highest BCUT2D eigenvalue weighted by Gasteiger charge is 2.30. The fraction of sp³-hybridized carbons (Fsp3) is 0.310. The third-order valence-corrected chi connectivity index (χ3v) is 8.27. The van der Waals surface area contributed by atoms with E-state index in [1.807, 2.05) is 80.6 Å². The number of rotatable bonds is 12. The van der Waals surface area contributed by atoms with E-state index in [0.29, 0.717) is 28.8 Å². The van der Waals surface area contributed by atoms with Crippen LogP contribution in [0.4, 0.5) is 0 Å². The van der Waals surface area contributed by atoms with Crippen molar-refractivity contribution in [2.45, 2.75) is 51.1 Å². The van der Waals surface area contributed by atoms with Crippen molar-refractivity contribution < 1.29 is 9.59 Å². The van der Waals surface area contributed by atoms with Crippen molar-refractivity contribution in [2.75, 3.05) is 5.75 Å². The smallest absolute Gasteiger partial charge is 0.243 e. The van der Waals surface area contributed by atoms with Gasteiger partial charge in [0.2, 0.25) is 11.8 Å². The van der Waals surface area contributed by atoms with Gasteiger partial charge in [-0.05, 0) is 54.3 Å². The second kappa shape index (κ2) is 14.8. The topological polar surface area (TPSA) is 49.4 Å². The summed E-state index contributed by atoms with van der Waals surface area (Å²) < 4.78 is 0.960. The number of nitrogens with one attached hydrogen (secondary N) is 1. The standard InChI is InChI=1S/C29H31BrCl2N2O2S/c1-3-20(2)33-29(36)27(16-21-7-5-4-6-8-21)34(17-22-9-12-24(30)13-10-22)28(35)19-37-18-23-11-14-25(31)26(32)15-23/h4-15,20,27H,3,16-19H2,1-2H3,(H,33,36)/t20-,27+/m1/s1. The molecule has 0 fully saturated rings. The van der Waals surface area contributed by atoms with Gasteiger partial charge < -0.3 is 10.2 Å². The molecular formula is C29H31BrCl2N2O2S. The summed E-state index contributed by atoms with van der Waals surface area (Å²) in [6.07, 6.45) is 1.24. The van der Waals surface area contributed by atoms with E-state index < -0.39 is 6.04 Å². The molecule has 3 aromatic rings. The molecule has 2 amide bonds. The van der Waals surface area contributed by atoms with Gasteiger partial charge in [-0.1, -0.05) is 94.6 Å². The molecule has 0 radical (unpaired) electrons. The van der Waals surface area contributed by atoms with Crippen LogP contribution < -0.4 is 5.32 Å². The quantitative estimate of drug-likeness (QED) is 0.227. The second-order valence-electron chi connectivity index (χ2n) is 8.91. The first kappa shape index (κ1) is 29.6. The van der Waals surface area contributed by atoms with Crippen molar-refractivity contribution in [3.05, 3.63) is 104 Å². The van der Waals surface area contributed by atoms with Crippen LogP contribution >= 0.6 is 50.9 Å². The first-order valence-corrected chi connectivity index (χ1v) is 14.9. The Morgan fingerprint density at radius 2 is 1.62 bits per heavy atom. The Kier molecular flexibility index (Phi) is 11.8. The maximum absolute atomic E-state index is 13.7. The van der Waals surface area contributed by atoms with Crippen LogP contribution in [0.15, 0.2) is 77.3 Å². The van der Waals surface area contributed by atoms with Gasteiger partial charge in [-0.3, -0.25) is 9.59 Å². The monoisotopic (exact) mass is 620 g/mol. The summed E-state index contributed by atoms with van der Waals surface area (Å²) in [6, 6.07) is 22.5. The number of benzene rings is 3. The molecule has 1 N–H and O–H groups in total. The summed E-state index contributed by atoms with van der Waals surface area (Å²) in [7, 11) is 0. The molecule has 4 nitrogen and oxygen atoms in total. The highest BCUT2D eigenvalue weighted by molar-refractivity contribution is 9.10. The van der Waals surface area contributed by atoms with E-state index in [1.165, 1.54) is 11.8 Å². The number of halogens is 3. The van der Waals surface area contributed by atoms with Gasteiger partial charge in [0, 0.05) is 29.2 Å². The lowest BCUT2D eigenvalue weighted by Gasteiger charge is -2.32. The molecule has 0 aromatic heterocycles. The zero-order valence-electron chi connectivity index (χ0n) is 20.9. The molecule has 0 aliphatic heterocycles. The van der Waals surface area contributed by atoms with Crippen molar-refractivity contribution in [1.82, 2.24) is 10.2 Å². The molecule has 0 bridgehead atoms. The molecule has 0 aliphatic rings. The van der Waals surface area contributed by atoms with E-state index in [-0.39, 0.29) is 23.6 Å². The zero-order chi connectivity index (χ0) is 26.8. The molecule has 0 saturated heterocycles. The minimum Gasteiger partial charge on any atom is -0.352 e. The van der Waals surface area contributed by atoms with Crippen LogP contribution in [0, 0.1) is 0 Å². The number of carbonyl (C=O) groups excluding carboxylic acids is 2. The van der Waals surface area contributed by atoms with Crippen molar-refractivity contribution in [3.8, 4) is 0 Å². The normalized spacial score (nSPS) is 12.6. The average molecular weight is 622 g/mol. The molecular weight excluding hydrogens is 591 g/mol. The maximum atomic E-state index is 13.7. The largest absolute Gasteiger partial charge is 0.352 e. The third kappa shape index (κ3) is 9.36. The summed E-state index contributed by atoms with van der Waals surface area (Å²) >= 11 is 17.1. The maximum Gasteiger partial charge on any atom is 0.243 e. The van der Waals surface area contributed by atoms with Gasteiger partial charge in [0.15, 0.2) is 0 Å². The summed E-state index contributed by atoms with van der Waals surface area (Å²) in [5, 5.41) is 4.10. The van der Waals surface area contributed by atoms with Crippen LogP contribution in [-0.4, -0.2) is 34.6 Å². The Bertz CT molecular complexity index is 1180. The van der Waals surface area contributed by atoms with E-state index in [9.17, 15) is 9.59 Å². The van der Waals surface area contributed by atoms with Gasteiger partial charge in [-0.2, -0.15) is 0 Å². The lowest BCUT2D eigenvalue weighted by Crippen LogP contribution is -2.52. The first-order chi connectivity index (χ1) is 17.8. The highest BCUT2D eigenvalue weighted by atomic mass is 79.9. The number of amides is 2. The van der Waals surface area contributed by atoms with Crippen LogP contribution in [0.2, 0.25) is 10.0 Å². The predicted octanol–water partition coefficient (Wildman–Crippen LogP) is 7.54. The molecule has 37 heavy (non-hydrogen) atoms. The molecule has 0 saturated carbocycles. The summed E-state index contributed by atoms with van der Waals surface area (Å²) in [4.78, 5) is 28.9. The molecule has 0 aliphatic carbocycles. The second-order valence-corrected chi connectivity index (χ2v) is 11.6. The van der Waals surface area contributed by atoms with Gasteiger partial charge in [-0.25, -0.2) is 0 Å². The van der Waals surface area contributed by atoms with Gasteiger partial charge >= 0.3 is 0 Å². The molecule has 3 aromatic carbocycles. The highest BCUT2D eigenvalue weighted by Crippen LogP contribution is 2.25. The van der Waals surface area contributed by atoms with Gasteiger partial charge in [0.1, 0.15) is 6.04 Å². The summed E-state index contributed by atoms with van der Waals surface area (Å²) in [5.41, 5.74) is 2.95. The van der Waals surface area contributed by atoms with E-state index in [2.05, 4.69) is 21.2 Å². The minimum atomic E-state index is -0.641. The Hall–Kier alpha value is -1.99. The van der Waals surface area contributed by atoms with Crippen LogP contribution in [0.25, 0.3) is 0 Å². The van der Waals surface area contributed by atoms with E-state index in [0.717, 1.165) is 27.6 Å². The lowest BCUT2D eigenvalue weighted by atomic mass is 10.0. The number of hydrogen-bond acceptors (Lipinski definition) is 3. The fourth-order valence-corrected chi connectivity index (χ4v) is 5.19. The fourth-order valence-electron chi connectivity index (χ4n) is 3.75. The predicted molar refractivity (Wildman–Crippen MR) is 159 cm³/mol. The minimum absolute atomic E-state index is 0.0134. The number of thioether (sulfide) groups is 1. The van der Waals surface area contributed by atoms with E-state index in [4.69, 9.17) is 23.2 Å².